The van der Waals surface area contributed by atoms with Crippen molar-refractivity contribution in [3.8, 4) is 11.3 Å². The standard InChI is InChI=1S/C18H19N3S/c1-11-6-5-8-13-16(15-10-22-18(19-2)21-15)12-7-3-4-9-14(12)20-17(11)13/h5-6,8,10H,3-4,7,9H2,1-2H3,(H,19,21). The SMILES string of the molecule is CNc1nc(-c2c3c(nc4c(C)cccc24)CCCC3)cs1. The summed E-state index contributed by atoms with van der Waals surface area (Å²) in [7, 11) is 1.92. The number of benzene rings is 1. The van der Waals surface area contributed by atoms with E-state index in [1.54, 1.807) is 11.3 Å². The van der Waals surface area contributed by atoms with Gasteiger partial charge < -0.3 is 5.32 Å². The van der Waals surface area contributed by atoms with Crippen molar-refractivity contribution in [2.24, 2.45) is 0 Å². The zero-order valence-electron chi connectivity index (χ0n) is 12.9. The largest absolute Gasteiger partial charge is 0.365 e. The van der Waals surface area contributed by atoms with E-state index in [0.717, 1.165) is 29.2 Å². The van der Waals surface area contributed by atoms with Gasteiger partial charge in [0.2, 0.25) is 0 Å². The van der Waals surface area contributed by atoms with Gasteiger partial charge >= 0.3 is 0 Å². The van der Waals surface area contributed by atoms with Crippen molar-refractivity contribution in [2.75, 3.05) is 12.4 Å². The highest BCUT2D eigenvalue weighted by Crippen LogP contribution is 2.38. The molecule has 0 amide bonds. The smallest absolute Gasteiger partial charge is 0.182 e. The molecule has 0 unspecified atom stereocenters. The van der Waals surface area contributed by atoms with Crippen LogP contribution in [0.4, 0.5) is 5.13 Å². The van der Waals surface area contributed by atoms with E-state index in [-0.39, 0.29) is 0 Å². The van der Waals surface area contributed by atoms with Crippen LogP contribution in [0, 0.1) is 6.92 Å². The molecule has 2 heterocycles. The van der Waals surface area contributed by atoms with Crippen molar-refractivity contribution in [2.45, 2.75) is 32.6 Å². The van der Waals surface area contributed by atoms with E-state index in [1.165, 1.54) is 40.6 Å². The lowest BCUT2D eigenvalue weighted by Gasteiger charge is -2.20. The molecule has 4 rings (SSSR count). The summed E-state index contributed by atoms with van der Waals surface area (Å²) >= 11 is 1.67. The third-order valence-corrected chi connectivity index (χ3v) is 5.33. The number of pyridine rings is 1. The third-order valence-electron chi connectivity index (χ3n) is 4.47. The zero-order valence-corrected chi connectivity index (χ0v) is 13.8. The highest BCUT2D eigenvalue weighted by atomic mass is 32.1. The van der Waals surface area contributed by atoms with Crippen LogP contribution in [0.2, 0.25) is 0 Å². The maximum Gasteiger partial charge on any atom is 0.182 e. The molecule has 0 bridgehead atoms. The number of hydrogen-bond donors (Lipinski definition) is 1. The van der Waals surface area contributed by atoms with Crippen molar-refractivity contribution >= 4 is 27.4 Å². The molecule has 0 saturated carbocycles. The predicted octanol–water partition coefficient (Wildman–Crippen LogP) is 4.59. The number of fused-ring (bicyclic) bond motifs is 2. The molecule has 112 valence electrons. The first-order valence-corrected chi connectivity index (χ1v) is 8.70. The summed E-state index contributed by atoms with van der Waals surface area (Å²) in [5.41, 5.74) is 7.47. The molecule has 3 nitrogen and oxygen atoms in total. The predicted molar refractivity (Wildman–Crippen MR) is 93.8 cm³/mol. The van der Waals surface area contributed by atoms with Gasteiger partial charge in [-0.05, 0) is 43.7 Å². The van der Waals surface area contributed by atoms with Gasteiger partial charge in [-0.1, -0.05) is 18.2 Å². The van der Waals surface area contributed by atoms with Crippen LogP contribution < -0.4 is 5.32 Å². The molecule has 0 saturated heterocycles. The molecule has 0 spiro atoms. The summed E-state index contributed by atoms with van der Waals surface area (Å²) in [5, 5.41) is 7.53. The third kappa shape index (κ3) is 2.10. The van der Waals surface area contributed by atoms with Gasteiger partial charge in [-0.15, -0.1) is 11.3 Å². The van der Waals surface area contributed by atoms with Gasteiger partial charge in [-0.3, -0.25) is 4.98 Å². The fraction of sp³-hybridized carbons (Fsp3) is 0.333. The average Bonchev–Trinajstić information content (AvgIpc) is 3.02. The highest BCUT2D eigenvalue weighted by molar-refractivity contribution is 7.14. The molecule has 2 aromatic heterocycles. The lowest BCUT2D eigenvalue weighted by molar-refractivity contribution is 0.672. The summed E-state index contributed by atoms with van der Waals surface area (Å²) in [4.78, 5) is 9.75. The number of nitrogens with zero attached hydrogens (tertiary/aromatic N) is 2. The lowest BCUT2D eigenvalue weighted by Crippen LogP contribution is -2.08. The molecular weight excluding hydrogens is 290 g/mol. The second kappa shape index (κ2) is 5.36. The Kier molecular flexibility index (Phi) is 3.34. The van der Waals surface area contributed by atoms with Gasteiger partial charge in [0.15, 0.2) is 5.13 Å². The summed E-state index contributed by atoms with van der Waals surface area (Å²) in [5.74, 6) is 0. The Balaban J connectivity index is 2.07. The molecule has 1 N–H and O–H groups in total. The zero-order chi connectivity index (χ0) is 15.1. The molecule has 22 heavy (non-hydrogen) atoms. The molecule has 1 aromatic carbocycles. The second-order valence-corrected chi connectivity index (χ2v) is 6.74. The van der Waals surface area contributed by atoms with Gasteiger partial charge in [0, 0.05) is 29.1 Å². The van der Waals surface area contributed by atoms with Crippen LogP contribution in [0.5, 0.6) is 0 Å². The number of aryl methyl sites for hydroxylation is 2. The van der Waals surface area contributed by atoms with E-state index < -0.39 is 0 Å². The first-order chi connectivity index (χ1) is 10.8. The van der Waals surface area contributed by atoms with Crippen molar-refractivity contribution in [1.29, 1.82) is 0 Å². The fourth-order valence-corrected chi connectivity index (χ4v) is 4.05. The number of rotatable bonds is 2. The van der Waals surface area contributed by atoms with E-state index in [1.807, 2.05) is 7.05 Å². The summed E-state index contributed by atoms with van der Waals surface area (Å²) in [6.07, 6.45) is 4.71. The minimum atomic E-state index is 0.970. The van der Waals surface area contributed by atoms with Gasteiger partial charge in [0.05, 0.1) is 11.2 Å². The van der Waals surface area contributed by atoms with E-state index in [0.29, 0.717) is 0 Å². The van der Waals surface area contributed by atoms with Crippen LogP contribution >= 0.6 is 11.3 Å². The monoisotopic (exact) mass is 309 g/mol. The minimum absolute atomic E-state index is 0.970. The minimum Gasteiger partial charge on any atom is -0.365 e. The Morgan fingerprint density at radius 3 is 2.82 bits per heavy atom. The van der Waals surface area contributed by atoms with Gasteiger partial charge in [0.25, 0.3) is 0 Å². The average molecular weight is 309 g/mol. The molecular formula is C18H19N3S. The lowest BCUT2D eigenvalue weighted by atomic mass is 9.88. The summed E-state index contributed by atoms with van der Waals surface area (Å²) in [6, 6.07) is 6.47. The molecule has 0 fully saturated rings. The second-order valence-electron chi connectivity index (χ2n) is 5.88. The van der Waals surface area contributed by atoms with Crippen LogP contribution in [0.3, 0.4) is 0 Å². The van der Waals surface area contributed by atoms with Crippen molar-refractivity contribution in [3.05, 3.63) is 40.4 Å². The number of hydrogen-bond acceptors (Lipinski definition) is 4. The molecule has 0 atom stereocenters. The van der Waals surface area contributed by atoms with Crippen molar-refractivity contribution < 1.29 is 0 Å². The number of nitrogens with one attached hydrogen (secondary N) is 1. The molecule has 0 radical (unpaired) electrons. The Bertz CT molecular complexity index is 851. The van der Waals surface area contributed by atoms with E-state index >= 15 is 0 Å². The Labute approximate surface area is 134 Å². The maximum absolute atomic E-state index is 4.99. The van der Waals surface area contributed by atoms with Crippen LogP contribution in [0.1, 0.15) is 29.7 Å². The molecule has 4 heteroatoms. The van der Waals surface area contributed by atoms with E-state index in [4.69, 9.17) is 9.97 Å². The first kappa shape index (κ1) is 13.7. The quantitative estimate of drug-likeness (QED) is 0.752. The van der Waals surface area contributed by atoms with Crippen molar-refractivity contribution in [3.63, 3.8) is 0 Å². The van der Waals surface area contributed by atoms with Gasteiger partial charge in [0.1, 0.15) is 0 Å². The van der Waals surface area contributed by atoms with Crippen LogP contribution in [0.15, 0.2) is 23.6 Å². The van der Waals surface area contributed by atoms with Crippen LogP contribution in [-0.2, 0) is 12.8 Å². The maximum atomic E-state index is 4.99. The van der Waals surface area contributed by atoms with Crippen molar-refractivity contribution in [1.82, 2.24) is 9.97 Å². The molecule has 1 aliphatic carbocycles. The normalized spacial score (nSPS) is 14.1. The van der Waals surface area contributed by atoms with Crippen LogP contribution in [-0.4, -0.2) is 17.0 Å². The number of thiazole rings is 1. The fourth-order valence-electron chi connectivity index (χ4n) is 3.38. The molecule has 1 aliphatic rings. The highest BCUT2D eigenvalue weighted by Gasteiger charge is 2.21. The Hall–Kier alpha value is -1.94. The van der Waals surface area contributed by atoms with E-state index in [9.17, 15) is 0 Å². The molecule has 3 aromatic rings. The number of para-hydroxylation sites is 1. The first-order valence-electron chi connectivity index (χ1n) is 7.82. The van der Waals surface area contributed by atoms with Gasteiger partial charge in [-0.25, -0.2) is 4.98 Å². The Morgan fingerprint density at radius 2 is 2.00 bits per heavy atom. The number of aromatic nitrogens is 2. The number of anilines is 1. The summed E-state index contributed by atoms with van der Waals surface area (Å²) in [6.45, 7) is 2.15. The van der Waals surface area contributed by atoms with Crippen LogP contribution in [0.25, 0.3) is 22.2 Å². The van der Waals surface area contributed by atoms with E-state index in [2.05, 4.69) is 35.8 Å². The summed E-state index contributed by atoms with van der Waals surface area (Å²) < 4.78 is 0. The topological polar surface area (TPSA) is 37.8 Å². The van der Waals surface area contributed by atoms with Gasteiger partial charge in [-0.2, -0.15) is 0 Å². The molecule has 0 aliphatic heterocycles. The Morgan fingerprint density at radius 1 is 1.14 bits per heavy atom.